The molecule has 1 saturated carbocycles. The second-order valence-electron chi connectivity index (χ2n) is 14.0. The van der Waals surface area contributed by atoms with Gasteiger partial charge in [-0.05, 0) is 81.3 Å². The Morgan fingerprint density at radius 2 is 1.83 bits per heavy atom. The lowest BCUT2D eigenvalue weighted by Crippen LogP contribution is -2.47. The normalized spacial score (nSPS) is 20.6. The van der Waals surface area contributed by atoms with Crippen molar-refractivity contribution in [3.8, 4) is 5.75 Å². The minimum absolute atomic E-state index is 0.206. The summed E-state index contributed by atoms with van der Waals surface area (Å²) in [6.07, 6.45) is 13.8. The van der Waals surface area contributed by atoms with Gasteiger partial charge in [-0.2, -0.15) is 14.7 Å². The van der Waals surface area contributed by atoms with Gasteiger partial charge in [0.05, 0.1) is 53.9 Å². The van der Waals surface area contributed by atoms with Crippen molar-refractivity contribution in [3.05, 3.63) is 72.4 Å². The van der Waals surface area contributed by atoms with Crippen LogP contribution in [0, 0.1) is 5.92 Å². The monoisotopic (exact) mass is 736 g/mol. The van der Waals surface area contributed by atoms with Crippen LogP contribution in [-0.2, 0) is 14.4 Å². The quantitative estimate of drug-likeness (QED) is 0.147. The van der Waals surface area contributed by atoms with Crippen molar-refractivity contribution in [3.63, 3.8) is 0 Å². The highest BCUT2D eigenvalue weighted by Gasteiger charge is 2.30. The number of imide groups is 1. The van der Waals surface area contributed by atoms with Crippen LogP contribution in [0.4, 0.5) is 11.5 Å². The number of aromatic nitrogens is 6. The van der Waals surface area contributed by atoms with Crippen molar-refractivity contribution in [1.82, 2.24) is 39.6 Å². The molecule has 0 bridgehead atoms. The Balaban J connectivity index is 0.00000145. The molecule has 3 amide bonds. The smallest absolute Gasteiger partial charge is 0.290 e. The first kappa shape index (κ1) is 36.5. The third-order valence-electron chi connectivity index (χ3n) is 10.8. The van der Waals surface area contributed by atoms with E-state index in [-0.39, 0.29) is 30.1 Å². The van der Waals surface area contributed by atoms with Crippen molar-refractivity contribution in [2.24, 2.45) is 5.92 Å². The number of fused-ring (bicyclic) bond motifs is 2. The SMILES string of the molecule is COc1cc2nn(C3CCC(CCN4CCN(c5ccc(C6CCC(=O)NC6=O)nc5)CC4)CC3)cc2cc1C(=O)Nc1cnc2cccnn12.O=CO. The average molecular weight is 737 g/mol. The lowest BCUT2D eigenvalue weighted by atomic mass is 9.84. The second kappa shape index (κ2) is 16.4. The highest BCUT2D eigenvalue weighted by molar-refractivity contribution is 6.08. The lowest BCUT2D eigenvalue weighted by molar-refractivity contribution is -0.134. The van der Waals surface area contributed by atoms with Gasteiger partial charge in [-0.1, -0.05) is 0 Å². The lowest BCUT2D eigenvalue weighted by Gasteiger charge is -2.37. The fraction of sp³-hybridized carbons (Fsp3) is 0.421. The molecule has 3 fully saturated rings. The Bertz CT molecular complexity index is 2120. The van der Waals surface area contributed by atoms with Crippen LogP contribution < -0.4 is 20.3 Å². The van der Waals surface area contributed by atoms with E-state index in [1.807, 2.05) is 30.5 Å². The minimum atomic E-state index is -0.353. The summed E-state index contributed by atoms with van der Waals surface area (Å²) < 4.78 is 9.28. The number of rotatable bonds is 9. The highest BCUT2D eigenvalue weighted by atomic mass is 16.5. The summed E-state index contributed by atoms with van der Waals surface area (Å²) in [7, 11) is 1.56. The van der Waals surface area contributed by atoms with Crippen LogP contribution in [0.25, 0.3) is 16.6 Å². The van der Waals surface area contributed by atoms with Crippen LogP contribution in [0.3, 0.4) is 0 Å². The van der Waals surface area contributed by atoms with Gasteiger partial charge >= 0.3 is 0 Å². The molecule has 0 spiro atoms. The number of ether oxygens (including phenoxy) is 1. The summed E-state index contributed by atoms with van der Waals surface area (Å²) in [6, 6.07) is 11.6. The van der Waals surface area contributed by atoms with Crippen molar-refractivity contribution >= 4 is 52.2 Å². The largest absolute Gasteiger partial charge is 0.496 e. The maximum Gasteiger partial charge on any atom is 0.290 e. The number of hydrogen-bond acceptors (Lipinski definition) is 11. The predicted molar refractivity (Wildman–Crippen MR) is 200 cm³/mol. The number of imidazole rings is 1. The number of carbonyl (C=O) groups excluding carboxylic acids is 3. The summed E-state index contributed by atoms with van der Waals surface area (Å²) in [5.74, 6) is 0.556. The number of methoxy groups -OCH3 is 1. The molecular formula is C38H44N10O6. The van der Waals surface area contributed by atoms with Crippen LogP contribution in [0.5, 0.6) is 5.75 Å². The van der Waals surface area contributed by atoms with E-state index in [0.717, 1.165) is 67.8 Å². The van der Waals surface area contributed by atoms with Gasteiger partial charge in [-0.25, -0.2) is 4.98 Å². The maximum absolute atomic E-state index is 13.3. The Hall–Kier alpha value is -5.90. The molecule has 1 unspecified atom stereocenters. The maximum atomic E-state index is 13.3. The van der Waals surface area contributed by atoms with Gasteiger partial charge in [-0.15, -0.1) is 0 Å². The standard InChI is InChI=1S/C37H42N10O4.CH2O2/c1-51-32-20-31-25(19-29(32)37(50)41-34-22-39-33-3-2-13-40-47(33)34)23-46(43-31)26-6-4-24(5-7-26)12-14-44-15-17-45(18-16-44)27-8-10-30(38-21-27)28-9-11-35(48)42-36(28)49;2-1-3/h2-3,8,10,13,19-24,26,28H,4-7,9,11-12,14-18H2,1H3,(H,41,50)(H,42,48,49);1H,(H,2,3). The zero-order valence-corrected chi connectivity index (χ0v) is 30.1. The van der Waals surface area contributed by atoms with E-state index in [1.165, 1.54) is 19.3 Å². The number of amides is 3. The zero-order chi connectivity index (χ0) is 37.6. The second-order valence-corrected chi connectivity index (χ2v) is 14.0. The number of nitrogens with zero attached hydrogens (tertiary/aromatic N) is 8. The number of piperidine rings is 1. The van der Waals surface area contributed by atoms with Gasteiger partial charge in [0.15, 0.2) is 11.5 Å². The molecule has 2 saturated heterocycles. The van der Waals surface area contributed by atoms with E-state index in [9.17, 15) is 14.4 Å². The van der Waals surface area contributed by atoms with Gasteiger partial charge < -0.3 is 20.1 Å². The number of piperazine rings is 1. The summed E-state index contributed by atoms with van der Waals surface area (Å²) in [4.78, 5) is 59.2. The van der Waals surface area contributed by atoms with Crippen molar-refractivity contribution in [2.45, 2.75) is 56.9 Å². The van der Waals surface area contributed by atoms with E-state index in [1.54, 1.807) is 30.1 Å². The minimum Gasteiger partial charge on any atom is -0.496 e. The molecule has 282 valence electrons. The molecule has 2 aliphatic heterocycles. The van der Waals surface area contributed by atoms with Gasteiger partial charge in [0, 0.05) is 56.4 Å². The first-order chi connectivity index (χ1) is 26.3. The fourth-order valence-corrected chi connectivity index (χ4v) is 7.76. The van der Waals surface area contributed by atoms with Crippen molar-refractivity contribution in [1.29, 1.82) is 0 Å². The number of carbonyl (C=O) groups is 4. The number of benzene rings is 1. The molecule has 1 aliphatic carbocycles. The summed E-state index contributed by atoms with van der Waals surface area (Å²) >= 11 is 0. The molecule has 3 N–H and O–H groups in total. The van der Waals surface area contributed by atoms with Crippen LogP contribution >= 0.6 is 0 Å². The van der Waals surface area contributed by atoms with E-state index in [2.05, 4.69) is 52.4 Å². The summed E-state index contributed by atoms with van der Waals surface area (Å²) in [5.41, 5.74) is 3.69. The van der Waals surface area contributed by atoms with E-state index in [0.29, 0.717) is 47.6 Å². The number of carboxylic acid groups (broad SMARTS) is 1. The number of pyridine rings is 1. The third-order valence-corrected chi connectivity index (χ3v) is 10.8. The summed E-state index contributed by atoms with van der Waals surface area (Å²) in [6.45, 7) is 4.79. The molecule has 1 aromatic carbocycles. The predicted octanol–water partition coefficient (Wildman–Crippen LogP) is 3.90. The van der Waals surface area contributed by atoms with E-state index in [4.69, 9.17) is 19.7 Å². The Morgan fingerprint density at radius 1 is 1.04 bits per heavy atom. The highest BCUT2D eigenvalue weighted by Crippen LogP contribution is 2.35. The average Bonchev–Trinajstić information content (AvgIpc) is 3.81. The Morgan fingerprint density at radius 3 is 2.56 bits per heavy atom. The molecule has 5 aromatic rings. The van der Waals surface area contributed by atoms with Gasteiger partial charge in [0.1, 0.15) is 5.75 Å². The molecule has 16 nitrogen and oxygen atoms in total. The number of hydrogen-bond donors (Lipinski definition) is 3. The van der Waals surface area contributed by atoms with Crippen LogP contribution in [0.15, 0.2) is 61.2 Å². The Labute approximate surface area is 311 Å². The molecule has 6 heterocycles. The molecule has 54 heavy (non-hydrogen) atoms. The first-order valence-electron chi connectivity index (χ1n) is 18.3. The molecule has 3 aliphatic rings. The third kappa shape index (κ3) is 8.02. The van der Waals surface area contributed by atoms with E-state index >= 15 is 0 Å². The van der Waals surface area contributed by atoms with Gasteiger partial charge in [-0.3, -0.25) is 39.1 Å². The molecule has 0 radical (unpaired) electrons. The molecule has 1 atom stereocenters. The van der Waals surface area contributed by atoms with Crippen LogP contribution in [-0.4, -0.2) is 103 Å². The van der Waals surface area contributed by atoms with Crippen LogP contribution in [0.2, 0.25) is 0 Å². The number of nitrogens with one attached hydrogen (secondary N) is 2. The Kier molecular flexibility index (Phi) is 11.1. The topological polar surface area (TPSA) is 189 Å². The van der Waals surface area contributed by atoms with Crippen molar-refractivity contribution in [2.75, 3.05) is 50.1 Å². The zero-order valence-electron chi connectivity index (χ0n) is 30.1. The number of anilines is 2. The van der Waals surface area contributed by atoms with Gasteiger partial charge in [0.2, 0.25) is 11.8 Å². The fourth-order valence-electron chi connectivity index (χ4n) is 7.76. The molecule has 16 heteroatoms. The molecular weight excluding hydrogens is 692 g/mol. The summed E-state index contributed by atoms with van der Waals surface area (Å²) in [5, 5.41) is 22.3. The van der Waals surface area contributed by atoms with E-state index < -0.39 is 0 Å². The van der Waals surface area contributed by atoms with Gasteiger partial charge in [0.25, 0.3) is 12.4 Å². The first-order valence-corrected chi connectivity index (χ1v) is 18.3. The molecule has 8 rings (SSSR count). The van der Waals surface area contributed by atoms with Crippen molar-refractivity contribution < 1.29 is 29.0 Å². The molecule has 4 aromatic heterocycles. The van der Waals surface area contributed by atoms with Crippen LogP contribution in [0.1, 0.15) is 73.0 Å².